The zero-order chi connectivity index (χ0) is 19.5. The average molecular weight is 398 g/mol. The first-order chi connectivity index (χ1) is 13.6. The van der Waals surface area contributed by atoms with Crippen molar-refractivity contribution in [1.82, 2.24) is 15.1 Å². The lowest BCUT2D eigenvalue weighted by Gasteiger charge is -2.21. The number of para-hydroxylation sites is 1. The van der Waals surface area contributed by atoms with E-state index in [0.29, 0.717) is 23.3 Å². The first kappa shape index (κ1) is 18.5. The fraction of sp³-hybridized carbons (Fsp3) is 0.286. The van der Waals surface area contributed by atoms with Crippen molar-refractivity contribution in [2.24, 2.45) is 0 Å². The fourth-order valence-electron chi connectivity index (χ4n) is 3.09. The third-order valence-corrected chi connectivity index (χ3v) is 4.96. The van der Waals surface area contributed by atoms with E-state index in [1.807, 2.05) is 41.3 Å². The van der Waals surface area contributed by atoms with Crippen LogP contribution in [0.2, 0.25) is 5.02 Å². The van der Waals surface area contributed by atoms with E-state index in [1.165, 1.54) is 0 Å². The molecule has 0 saturated heterocycles. The van der Waals surface area contributed by atoms with Crippen molar-refractivity contribution in [3.8, 4) is 17.2 Å². The molecule has 1 amide bonds. The summed E-state index contributed by atoms with van der Waals surface area (Å²) in [6.45, 7) is 0.305. The largest absolute Gasteiger partial charge is 0.496 e. The van der Waals surface area contributed by atoms with Gasteiger partial charge in [0.15, 0.2) is 0 Å². The Morgan fingerprint density at radius 3 is 2.64 bits per heavy atom. The van der Waals surface area contributed by atoms with E-state index < -0.39 is 0 Å². The Morgan fingerprint density at radius 1 is 1.18 bits per heavy atom. The van der Waals surface area contributed by atoms with E-state index in [1.54, 1.807) is 19.2 Å². The highest BCUT2D eigenvalue weighted by Gasteiger charge is 2.34. The van der Waals surface area contributed by atoms with E-state index >= 15 is 0 Å². The van der Waals surface area contributed by atoms with Crippen LogP contribution >= 0.6 is 11.6 Å². The number of aromatic nitrogens is 2. The molecule has 0 unspecified atom stereocenters. The number of hydrogen-bond acceptors (Lipinski definition) is 5. The van der Waals surface area contributed by atoms with Gasteiger partial charge >= 0.3 is 0 Å². The van der Waals surface area contributed by atoms with Crippen LogP contribution in [-0.2, 0) is 17.8 Å². The number of halogens is 1. The molecule has 1 aliphatic carbocycles. The van der Waals surface area contributed by atoms with Crippen LogP contribution in [0.1, 0.15) is 24.3 Å². The second kappa shape index (κ2) is 8.02. The van der Waals surface area contributed by atoms with Gasteiger partial charge in [-0.1, -0.05) is 29.8 Å². The van der Waals surface area contributed by atoms with Crippen LogP contribution in [-0.4, -0.2) is 34.2 Å². The number of methoxy groups -OCH3 is 1. The lowest BCUT2D eigenvalue weighted by molar-refractivity contribution is -0.132. The van der Waals surface area contributed by atoms with Crippen LogP contribution in [0.3, 0.4) is 0 Å². The summed E-state index contributed by atoms with van der Waals surface area (Å²) in [4.78, 5) is 14.8. The molecule has 0 aliphatic heterocycles. The van der Waals surface area contributed by atoms with Gasteiger partial charge in [-0.15, -0.1) is 10.2 Å². The van der Waals surface area contributed by atoms with E-state index in [4.69, 9.17) is 20.8 Å². The maximum Gasteiger partial charge on any atom is 0.247 e. The summed E-state index contributed by atoms with van der Waals surface area (Å²) in [6, 6.07) is 15.0. The number of hydrogen-bond donors (Lipinski definition) is 0. The molecule has 1 aromatic heterocycles. The van der Waals surface area contributed by atoms with Crippen LogP contribution in [0.15, 0.2) is 52.9 Å². The normalized spacial score (nSPS) is 13.4. The van der Waals surface area contributed by atoms with Crippen LogP contribution < -0.4 is 4.74 Å². The third-order valence-electron chi connectivity index (χ3n) is 4.71. The summed E-state index contributed by atoms with van der Waals surface area (Å²) in [7, 11) is 1.61. The topological polar surface area (TPSA) is 68.5 Å². The number of nitrogens with zero attached hydrogens (tertiary/aromatic N) is 3. The molecule has 2 aromatic carbocycles. The minimum Gasteiger partial charge on any atom is -0.496 e. The molecule has 0 spiro atoms. The molecular weight excluding hydrogens is 378 g/mol. The van der Waals surface area contributed by atoms with Crippen molar-refractivity contribution >= 4 is 17.5 Å². The number of ether oxygens (including phenoxy) is 1. The van der Waals surface area contributed by atoms with Crippen molar-refractivity contribution in [2.75, 3.05) is 7.11 Å². The average Bonchev–Trinajstić information content (AvgIpc) is 3.45. The number of rotatable bonds is 7. The molecule has 0 atom stereocenters. The molecule has 7 heteroatoms. The summed E-state index contributed by atoms with van der Waals surface area (Å²) in [6.07, 6.45) is 2.27. The molecule has 4 rings (SSSR count). The highest BCUT2D eigenvalue weighted by molar-refractivity contribution is 6.30. The van der Waals surface area contributed by atoms with Gasteiger partial charge in [0.1, 0.15) is 5.75 Å². The second-order valence-electron chi connectivity index (χ2n) is 6.75. The van der Waals surface area contributed by atoms with Crippen molar-refractivity contribution in [1.29, 1.82) is 0 Å². The molecule has 0 N–H and O–H groups in total. The summed E-state index contributed by atoms with van der Waals surface area (Å²) in [5, 5.41) is 8.87. The van der Waals surface area contributed by atoms with Gasteiger partial charge in [-0.05, 0) is 43.2 Å². The predicted octanol–water partition coefficient (Wildman–Crippen LogP) is 4.13. The first-order valence-corrected chi connectivity index (χ1v) is 9.51. The lowest BCUT2D eigenvalue weighted by atomic mass is 10.1. The van der Waals surface area contributed by atoms with Crippen LogP contribution in [0, 0.1) is 0 Å². The van der Waals surface area contributed by atoms with Gasteiger partial charge in [0.25, 0.3) is 0 Å². The lowest BCUT2D eigenvalue weighted by Crippen LogP contribution is -2.34. The highest BCUT2D eigenvalue weighted by atomic mass is 35.5. The summed E-state index contributed by atoms with van der Waals surface area (Å²) in [5.41, 5.74) is 1.66. The van der Waals surface area contributed by atoms with Crippen LogP contribution in [0.4, 0.5) is 0 Å². The molecule has 1 heterocycles. The fourth-order valence-corrected chi connectivity index (χ4v) is 3.22. The van der Waals surface area contributed by atoms with Crippen molar-refractivity contribution in [2.45, 2.75) is 31.8 Å². The van der Waals surface area contributed by atoms with Crippen LogP contribution in [0.25, 0.3) is 11.5 Å². The molecule has 3 aromatic rings. The first-order valence-electron chi connectivity index (χ1n) is 9.13. The van der Waals surface area contributed by atoms with Crippen molar-refractivity contribution in [3.63, 3.8) is 0 Å². The third kappa shape index (κ3) is 4.17. The highest BCUT2D eigenvalue weighted by Crippen LogP contribution is 2.30. The number of carbonyl (C=O) groups excluding carboxylic acids is 1. The van der Waals surface area contributed by atoms with Gasteiger partial charge in [-0.25, -0.2) is 0 Å². The predicted molar refractivity (Wildman–Crippen MR) is 105 cm³/mol. The zero-order valence-electron chi connectivity index (χ0n) is 15.5. The van der Waals surface area contributed by atoms with Gasteiger partial charge < -0.3 is 14.1 Å². The van der Waals surface area contributed by atoms with Crippen molar-refractivity contribution in [3.05, 3.63) is 65.0 Å². The van der Waals surface area contributed by atoms with E-state index in [2.05, 4.69) is 10.2 Å². The Morgan fingerprint density at radius 2 is 1.93 bits per heavy atom. The molecular formula is C21H20ClN3O3. The number of benzene rings is 2. The summed E-state index contributed by atoms with van der Waals surface area (Å²) in [5.74, 6) is 1.58. The number of carbonyl (C=O) groups is 1. The molecule has 6 nitrogen and oxygen atoms in total. The van der Waals surface area contributed by atoms with Gasteiger partial charge in [0.05, 0.1) is 20.1 Å². The molecule has 1 fully saturated rings. The maximum atomic E-state index is 12.9. The van der Waals surface area contributed by atoms with E-state index in [0.717, 1.165) is 29.7 Å². The molecule has 0 radical (unpaired) electrons. The molecule has 1 saturated carbocycles. The molecule has 0 bridgehead atoms. The Balaban J connectivity index is 1.48. The van der Waals surface area contributed by atoms with Gasteiger partial charge in [0.2, 0.25) is 17.7 Å². The Kier molecular flexibility index (Phi) is 5.30. The van der Waals surface area contributed by atoms with E-state index in [-0.39, 0.29) is 18.4 Å². The van der Waals surface area contributed by atoms with E-state index in [9.17, 15) is 4.79 Å². The molecule has 144 valence electrons. The Bertz CT molecular complexity index is 967. The summed E-state index contributed by atoms with van der Waals surface area (Å²) >= 11 is 5.92. The molecule has 1 aliphatic rings. The Hall–Kier alpha value is -2.86. The standard InChI is InChI=1S/C21H20ClN3O3/c1-27-18-5-3-2-4-15(18)12-20(26)25(17-10-11-17)13-19-23-24-21(28-19)14-6-8-16(22)9-7-14/h2-9,17H,10-13H2,1H3. The smallest absolute Gasteiger partial charge is 0.247 e. The van der Waals surface area contributed by atoms with Gasteiger partial charge in [0, 0.05) is 22.2 Å². The quantitative estimate of drug-likeness (QED) is 0.599. The van der Waals surface area contributed by atoms with Gasteiger partial charge in [-0.2, -0.15) is 0 Å². The number of amides is 1. The second-order valence-corrected chi connectivity index (χ2v) is 7.19. The minimum atomic E-state index is 0.0262. The summed E-state index contributed by atoms with van der Waals surface area (Å²) < 4.78 is 11.1. The van der Waals surface area contributed by atoms with Gasteiger partial charge in [-0.3, -0.25) is 4.79 Å². The maximum absolute atomic E-state index is 12.9. The van der Waals surface area contributed by atoms with Crippen molar-refractivity contribution < 1.29 is 13.9 Å². The zero-order valence-corrected chi connectivity index (χ0v) is 16.2. The minimum absolute atomic E-state index is 0.0262. The SMILES string of the molecule is COc1ccccc1CC(=O)N(Cc1nnc(-c2ccc(Cl)cc2)o1)C1CC1. The van der Waals surface area contributed by atoms with Crippen LogP contribution in [0.5, 0.6) is 5.75 Å². The Labute approximate surface area is 168 Å². The molecule has 28 heavy (non-hydrogen) atoms. The monoisotopic (exact) mass is 397 g/mol.